The van der Waals surface area contributed by atoms with Crippen molar-refractivity contribution >= 4 is 21.8 Å². The first-order valence-electron chi connectivity index (χ1n) is 5.02. The number of halogens is 1. The first kappa shape index (κ1) is 12.8. The van der Waals surface area contributed by atoms with Crippen LogP contribution in [0.25, 0.3) is 0 Å². The standard InChI is InChI=1S/C11H13BrN2O2/c1-3-14(7-8(2)6-13)11(15)9-4-5-10(12)16-9/h4-5,8H,3,7H2,1-2H3. The summed E-state index contributed by atoms with van der Waals surface area (Å²) in [6.07, 6.45) is 0. The Bertz CT molecular complexity index is 408. The summed E-state index contributed by atoms with van der Waals surface area (Å²) in [6.45, 7) is 4.64. The minimum atomic E-state index is -0.185. The molecule has 4 nitrogen and oxygen atoms in total. The van der Waals surface area contributed by atoms with Gasteiger partial charge < -0.3 is 9.32 Å². The monoisotopic (exact) mass is 284 g/mol. The Morgan fingerprint density at radius 3 is 2.81 bits per heavy atom. The molecule has 1 atom stereocenters. The van der Waals surface area contributed by atoms with Crippen LogP contribution in [0, 0.1) is 17.2 Å². The third-order valence-electron chi connectivity index (χ3n) is 2.17. The van der Waals surface area contributed by atoms with Gasteiger partial charge in [-0.25, -0.2) is 0 Å². The number of rotatable bonds is 4. The maximum absolute atomic E-state index is 11.9. The molecule has 1 heterocycles. The molecule has 0 radical (unpaired) electrons. The molecule has 5 heteroatoms. The molecule has 0 fully saturated rings. The maximum atomic E-state index is 11.9. The normalized spacial score (nSPS) is 11.9. The lowest BCUT2D eigenvalue weighted by Crippen LogP contribution is -2.34. The molecule has 16 heavy (non-hydrogen) atoms. The Balaban J connectivity index is 2.74. The van der Waals surface area contributed by atoms with E-state index >= 15 is 0 Å². The van der Waals surface area contributed by atoms with E-state index in [1.807, 2.05) is 6.92 Å². The zero-order valence-electron chi connectivity index (χ0n) is 9.24. The second-order valence-corrected chi connectivity index (χ2v) is 4.26. The first-order valence-corrected chi connectivity index (χ1v) is 5.82. The van der Waals surface area contributed by atoms with Crippen LogP contribution in [0.4, 0.5) is 0 Å². The van der Waals surface area contributed by atoms with Crippen LogP contribution in [0.1, 0.15) is 24.4 Å². The van der Waals surface area contributed by atoms with Crippen molar-refractivity contribution in [1.82, 2.24) is 4.90 Å². The fourth-order valence-corrected chi connectivity index (χ4v) is 1.62. The molecule has 1 aromatic rings. The van der Waals surface area contributed by atoms with Crippen LogP contribution in [0.3, 0.4) is 0 Å². The van der Waals surface area contributed by atoms with E-state index in [4.69, 9.17) is 9.68 Å². The van der Waals surface area contributed by atoms with Crippen LogP contribution in [-0.4, -0.2) is 23.9 Å². The summed E-state index contributed by atoms with van der Waals surface area (Å²) < 4.78 is 5.71. The first-order chi connectivity index (χ1) is 7.58. The maximum Gasteiger partial charge on any atom is 0.289 e. The van der Waals surface area contributed by atoms with Crippen molar-refractivity contribution in [3.05, 3.63) is 22.6 Å². The number of amides is 1. The summed E-state index contributed by atoms with van der Waals surface area (Å²) in [5.74, 6) is -0.0727. The Morgan fingerprint density at radius 1 is 1.69 bits per heavy atom. The van der Waals surface area contributed by atoms with Crippen molar-refractivity contribution in [2.45, 2.75) is 13.8 Å². The highest BCUT2D eigenvalue weighted by molar-refractivity contribution is 9.10. The molecule has 0 spiro atoms. The van der Waals surface area contributed by atoms with Crippen molar-refractivity contribution in [3.8, 4) is 6.07 Å². The molecule has 0 N–H and O–H groups in total. The highest BCUT2D eigenvalue weighted by Crippen LogP contribution is 2.16. The van der Waals surface area contributed by atoms with Gasteiger partial charge in [0.15, 0.2) is 10.4 Å². The molecule has 86 valence electrons. The number of hydrogen-bond acceptors (Lipinski definition) is 3. The average Bonchev–Trinajstić information content (AvgIpc) is 2.71. The lowest BCUT2D eigenvalue weighted by atomic mass is 10.2. The van der Waals surface area contributed by atoms with E-state index in [1.165, 1.54) is 0 Å². The summed E-state index contributed by atoms with van der Waals surface area (Å²) in [4.78, 5) is 13.5. The van der Waals surface area contributed by atoms with Crippen LogP contribution in [0.2, 0.25) is 0 Å². The van der Waals surface area contributed by atoms with E-state index in [0.717, 1.165) is 0 Å². The van der Waals surface area contributed by atoms with Gasteiger partial charge in [0.2, 0.25) is 0 Å². The second-order valence-electron chi connectivity index (χ2n) is 3.48. The Morgan fingerprint density at radius 2 is 2.38 bits per heavy atom. The molecule has 0 aliphatic heterocycles. The predicted octanol–water partition coefficient (Wildman–Crippen LogP) is 2.66. The molecule has 1 amide bonds. The van der Waals surface area contributed by atoms with Crippen LogP contribution < -0.4 is 0 Å². The minimum Gasteiger partial charge on any atom is -0.444 e. The Kier molecular flexibility index (Phi) is 4.56. The molecule has 0 bridgehead atoms. The van der Waals surface area contributed by atoms with E-state index in [0.29, 0.717) is 23.5 Å². The van der Waals surface area contributed by atoms with E-state index in [9.17, 15) is 4.79 Å². The fourth-order valence-electron chi connectivity index (χ4n) is 1.31. The van der Waals surface area contributed by atoms with Gasteiger partial charge in [0.05, 0.1) is 12.0 Å². The number of hydrogen-bond donors (Lipinski definition) is 0. The summed E-state index contributed by atoms with van der Waals surface area (Å²) in [5.41, 5.74) is 0. The van der Waals surface area contributed by atoms with Gasteiger partial charge in [-0.3, -0.25) is 4.79 Å². The molecule has 0 saturated carbocycles. The molecular formula is C11H13BrN2O2. The van der Waals surface area contributed by atoms with Crippen LogP contribution in [0.15, 0.2) is 21.2 Å². The zero-order chi connectivity index (χ0) is 12.1. The van der Waals surface area contributed by atoms with Gasteiger partial charge in [0, 0.05) is 13.1 Å². The summed E-state index contributed by atoms with van der Waals surface area (Å²) in [5, 5.41) is 8.72. The molecular weight excluding hydrogens is 272 g/mol. The smallest absolute Gasteiger partial charge is 0.289 e. The number of carbonyl (C=O) groups is 1. The fraction of sp³-hybridized carbons (Fsp3) is 0.455. The minimum absolute atomic E-state index is 0.178. The third kappa shape index (κ3) is 3.11. The number of nitriles is 1. The largest absolute Gasteiger partial charge is 0.444 e. The van der Waals surface area contributed by atoms with Gasteiger partial charge in [-0.1, -0.05) is 0 Å². The second kappa shape index (κ2) is 5.71. The van der Waals surface area contributed by atoms with E-state index in [1.54, 1.807) is 24.0 Å². The SMILES string of the molecule is CCN(CC(C)C#N)C(=O)c1ccc(Br)o1. The van der Waals surface area contributed by atoms with Gasteiger partial charge in [0.25, 0.3) is 5.91 Å². The molecule has 1 unspecified atom stereocenters. The molecule has 1 aromatic heterocycles. The summed E-state index contributed by atoms with van der Waals surface area (Å²) in [7, 11) is 0. The predicted molar refractivity (Wildman–Crippen MR) is 62.8 cm³/mol. The van der Waals surface area contributed by atoms with Crippen molar-refractivity contribution in [2.75, 3.05) is 13.1 Å². The molecule has 1 rings (SSSR count). The summed E-state index contributed by atoms with van der Waals surface area (Å²) >= 11 is 3.15. The number of carbonyl (C=O) groups excluding carboxylic acids is 1. The van der Waals surface area contributed by atoms with Gasteiger partial charge in [-0.05, 0) is 41.9 Å². The van der Waals surface area contributed by atoms with E-state index < -0.39 is 0 Å². The molecule has 0 aliphatic carbocycles. The third-order valence-corrected chi connectivity index (χ3v) is 2.59. The van der Waals surface area contributed by atoms with Crippen molar-refractivity contribution in [3.63, 3.8) is 0 Å². The van der Waals surface area contributed by atoms with Gasteiger partial charge in [0.1, 0.15) is 0 Å². The Labute approximate surface area is 103 Å². The summed E-state index contributed by atoms with van der Waals surface area (Å²) in [6, 6.07) is 5.40. The van der Waals surface area contributed by atoms with Gasteiger partial charge in [-0.2, -0.15) is 5.26 Å². The molecule has 0 saturated heterocycles. The van der Waals surface area contributed by atoms with Crippen LogP contribution >= 0.6 is 15.9 Å². The zero-order valence-corrected chi connectivity index (χ0v) is 10.8. The Hall–Kier alpha value is -1.28. The van der Waals surface area contributed by atoms with Crippen molar-refractivity contribution in [1.29, 1.82) is 5.26 Å². The lowest BCUT2D eigenvalue weighted by Gasteiger charge is -2.20. The highest BCUT2D eigenvalue weighted by atomic mass is 79.9. The van der Waals surface area contributed by atoms with Crippen molar-refractivity contribution in [2.24, 2.45) is 5.92 Å². The van der Waals surface area contributed by atoms with Gasteiger partial charge >= 0.3 is 0 Å². The molecule has 0 aliphatic rings. The lowest BCUT2D eigenvalue weighted by molar-refractivity contribution is 0.0719. The quantitative estimate of drug-likeness (QED) is 0.854. The highest BCUT2D eigenvalue weighted by Gasteiger charge is 2.19. The van der Waals surface area contributed by atoms with Crippen LogP contribution in [-0.2, 0) is 0 Å². The molecule has 0 aromatic carbocycles. The van der Waals surface area contributed by atoms with E-state index in [2.05, 4.69) is 22.0 Å². The van der Waals surface area contributed by atoms with E-state index in [-0.39, 0.29) is 11.8 Å². The number of nitrogens with zero attached hydrogens (tertiary/aromatic N) is 2. The number of furan rings is 1. The van der Waals surface area contributed by atoms with Crippen molar-refractivity contribution < 1.29 is 9.21 Å². The topological polar surface area (TPSA) is 57.2 Å². The average molecular weight is 285 g/mol. The van der Waals surface area contributed by atoms with Gasteiger partial charge in [-0.15, -0.1) is 0 Å². The van der Waals surface area contributed by atoms with Crippen LogP contribution in [0.5, 0.6) is 0 Å².